The molecule has 0 amide bonds. The summed E-state index contributed by atoms with van der Waals surface area (Å²) in [5, 5.41) is 108. The normalized spacial score (nSPS) is 51.9. The van der Waals surface area contributed by atoms with Crippen LogP contribution in [0.3, 0.4) is 0 Å². The van der Waals surface area contributed by atoms with Gasteiger partial charge in [0.15, 0.2) is 18.9 Å². The van der Waals surface area contributed by atoms with Crippen LogP contribution < -0.4 is 5.63 Å². The first-order chi connectivity index (χ1) is 28.4. The van der Waals surface area contributed by atoms with Crippen molar-refractivity contribution in [3.8, 4) is 0 Å². The lowest BCUT2D eigenvalue weighted by atomic mass is 9.45. The van der Waals surface area contributed by atoms with Gasteiger partial charge in [-0.25, -0.2) is 4.79 Å². The highest BCUT2D eigenvalue weighted by atomic mass is 16.8. The molecule has 4 aliphatic carbocycles. The molecule has 10 N–H and O–H groups in total. The van der Waals surface area contributed by atoms with E-state index in [0.717, 1.165) is 44.1 Å². The van der Waals surface area contributed by atoms with E-state index >= 15 is 0 Å². The van der Waals surface area contributed by atoms with Gasteiger partial charge >= 0.3 is 5.63 Å². The van der Waals surface area contributed by atoms with E-state index in [4.69, 9.17) is 32.8 Å². The van der Waals surface area contributed by atoms with E-state index < -0.39 is 123 Å². The van der Waals surface area contributed by atoms with Crippen LogP contribution in [-0.2, 0) is 28.4 Å². The van der Waals surface area contributed by atoms with Crippen molar-refractivity contribution in [2.75, 3.05) is 13.2 Å². The predicted molar refractivity (Wildman–Crippen MR) is 203 cm³/mol. The topological polar surface area (TPSA) is 288 Å². The van der Waals surface area contributed by atoms with Crippen molar-refractivity contribution in [3.05, 3.63) is 46.0 Å². The van der Waals surface area contributed by atoms with Gasteiger partial charge in [-0.3, -0.25) is 0 Å². The highest BCUT2D eigenvalue weighted by Gasteiger charge is 2.67. The fraction of sp³-hybridized carbons (Fsp3) is 0.833. The third-order valence-electron chi connectivity index (χ3n) is 15.7. The Morgan fingerprint density at radius 2 is 1.28 bits per heavy atom. The van der Waals surface area contributed by atoms with Crippen LogP contribution in [0.5, 0.6) is 0 Å². The lowest BCUT2D eigenvalue weighted by Gasteiger charge is -2.62. The minimum Gasteiger partial charge on any atom is -0.431 e. The molecule has 6 fully saturated rings. The number of aliphatic hydroxyl groups excluding tert-OH is 9. The molecule has 3 aliphatic heterocycles. The number of aliphatic hydroxyl groups is 10. The molecule has 18 nitrogen and oxygen atoms in total. The average molecular weight is 855 g/mol. The van der Waals surface area contributed by atoms with Crippen LogP contribution in [0.2, 0.25) is 0 Å². The molecule has 0 aromatic carbocycles. The lowest BCUT2D eigenvalue weighted by molar-refractivity contribution is -0.379. The molecule has 18 heteroatoms. The van der Waals surface area contributed by atoms with E-state index in [1.807, 2.05) is 6.07 Å². The summed E-state index contributed by atoms with van der Waals surface area (Å²) < 4.78 is 40.1. The molecular formula is C42H62O18. The van der Waals surface area contributed by atoms with E-state index in [1.54, 1.807) is 6.26 Å². The van der Waals surface area contributed by atoms with Crippen LogP contribution in [0.15, 0.2) is 39.3 Å². The van der Waals surface area contributed by atoms with E-state index in [2.05, 4.69) is 19.9 Å². The Balaban J connectivity index is 0.904. The highest BCUT2D eigenvalue weighted by Crippen LogP contribution is 2.70. The molecule has 7 aliphatic rings. The van der Waals surface area contributed by atoms with Crippen LogP contribution in [-0.4, -0.2) is 168 Å². The third-order valence-corrected chi connectivity index (χ3v) is 15.7. The third kappa shape index (κ3) is 7.35. The highest BCUT2D eigenvalue weighted by molar-refractivity contribution is 5.31. The second-order valence-corrected chi connectivity index (χ2v) is 18.7. The molecule has 3 saturated carbocycles. The first kappa shape index (κ1) is 44.6. The first-order valence-corrected chi connectivity index (χ1v) is 21.4. The van der Waals surface area contributed by atoms with Crippen molar-refractivity contribution in [1.82, 2.24) is 0 Å². The minimum atomic E-state index is -1.89. The molecule has 22 unspecified atom stereocenters. The van der Waals surface area contributed by atoms with E-state index in [-0.39, 0.29) is 28.6 Å². The fourth-order valence-electron chi connectivity index (χ4n) is 12.1. The summed E-state index contributed by atoms with van der Waals surface area (Å²) in [7, 11) is 0. The number of rotatable bonds is 9. The Morgan fingerprint density at radius 1 is 0.683 bits per heavy atom. The van der Waals surface area contributed by atoms with Gasteiger partial charge < -0.3 is 83.9 Å². The predicted octanol–water partition coefficient (Wildman–Crippen LogP) is -1.34. The summed E-state index contributed by atoms with van der Waals surface area (Å²) in [6.45, 7) is 4.41. The zero-order valence-electron chi connectivity index (χ0n) is 34.1. The maximum Gasteiger partial charge on any atom is 0.335 e. The summed E-state index contributed by atoms with van der Waals surface area (Å²) in [6.07, 6.45) is -14.0. The van der Waals surface area contributed by atoms with E-state index in [9.17, 15) is 55.9 Å². The van der Waals surface area contributed by atoms with Gasteiger partial charge in [-0.2, -0.15) is 0 Å². The van der Waals surface area contributed by atoms with Crippen molar-refractivity contribution in [3.63, 3.8) is 0 Å². The average Bonchev–Trinajstić information content (AvgIpc) is 3.52. The van der Waals surface area contributed by atoms with Gasteiger partial charge in [0.1, 0.15) is 67.1 Å². The molecule has 338 valence electrons. The van der Waals surface area contributed by atoms with Crippen LogP contribution >= 0.6 is 0 Å². The van der Waals surface area contributed by atoms with E-state index in [1.165, 1.54) is 18.6 Å². The van der Waals surface area contributed by atoms with Gasteiger partial charge in [0.2, 0.25) is 0 Å². The van der Waals surface area contributed by atoms with Crippen LogP contribution in [0.1, 0.15) is 83.6 Å². The second-order valence-electron chi connectivity index (χ2n) is 18.7. The number of fused-ring (bicyclic) bond motifs is 5. The lowest BCUT2D eigenvalue weighted by Crippen LogP contribution is -2.66. The van der Waals surface area contributed by atoms with Crippen LogP contribution in [0.25, 0.3) is 0 Å². The van der Waals surface area contributed by atoms with Gasteiger partial charge in [-0.1, -0.05) is 25.5 Å². The van der Waals surface area contributed by atoms with Gasteiger partial charge in [-0.15, -0.1) is 0 Å². The van der Waals surface area contributed by atoms with Gasteiger partial charge in [0, 0.05) is 11.5 Å². The van der Waals surface area contributed by atoms with Crippen LogP contribution in [0.4, 0.5) is 0 Å². The van der Waals surface area contributed by atoms with Crippen molar-refractivity contribution in [1.29, 1.82) is 0 Å². The van der Waals surface area contributed by atoms with Gasteiger partial charge in [0.05, 0.1) is 37.3 Å². The van der Waals surface area contributed by atoms with Crippen molar-refractivity contribution >= 4 is 0 Å². The molecule has 0 spiro atoms. The Bertz CT molecular complexity index is 1740. The second kappa shape index (κ2) is 16.9. The fourth-order valence-corrected chi connectivity index (χ4v) is 12.1. The smallest absolute Gasteiger partial charge is 0.335 e. The monoisotopic (exact) mass is 854 g/mol. The zero-order chi connectivity index (χ0) is 43.1. The maximum absolute atomic E-state index is 12.6. The van der Waals surface area contributed by atoms with Gasteiger partial charge in [0.25, 0.3) is 0 Å². The number of ether oxygens (including phenoxy) is 6. The molecule has 0 radical (unpaired) electrons. The van der Waals surface area contributed by atoms with Crippen molar-refractivity contribution < 1.29 is 83.9 Å². The maximum atomic E-state index is 12.6. The number of hydrogen-bond acceptors (Lipinski definition) is 18. The Kier molecular flexibility index (Phi) is 12.6. The SMILES string of the molecule is CC1OC(OC2C(CO)OC(OC3C(CO)OC(OC4C=C5CCC6C(CCC7(C)C(c8ccc(=O)oc8)CCC67O)C5(C)CC4)C(O)C3O)C(O)C2O)C(O)C(O)C1O. The summed E-state index contributed by atoms with van der Waals surface area (Å²) in [4.78, 5) is 11.7. The molecular weight excluding hydrogens is 792 g/mol. The Hall–Kier alpha value is -1.95. The summed E-state index contributed by atoms with van der Waals surface area (Å²) in [6, 6.07) is 3.28. The largest absolute Gasteiger partial charge is 0.431 e. The molecule has 0 bridgehead atoms. The Morgan fingerprint density at radius 3 is 1.88 bits per heavy atom. The molecule has 22 atom stereocenters. The van der Waals surface area contributed by atoms with Gasteiger partial charge in [-0.05, 0) is 93.1 Å². The number of hydrogen-bond donors (Lipinski definition) is 10. The summed E-state index contributed by atoms with van der Waals surface area (Å²) in [5.74, 6) is 0.404. The standard InChI is InChI=1S/C42H62O18/c1-18-28(46)29(47)32(50)37(55-18)59-35-26(16-44)58-39(34(52)31(35)49)60-36-25(15-43)57-38(33(51)30(36)48)56-21-8-11-40(2)20(14-21)5-6-24-23(40)9-12-41(3)22(10-13-42(24,41)53)19-4-7-27(45)54-17-19/h4,7,14,17-18,21-26,28-39,43-44,46-53H,5-6,8-13,15-16H2,1-3H3. The first-order valence-electron chi connectivity index (χ1n) is 21.4. The van der Waals surface area contributed by atoms with Crippen molar-refractivity contribution in [2.45, 2.75) is 182 Å². The molecule has 8 rings (SSSR count). The minimum absolute atomic E-state index is 0.0817. The van der Waals surface area contributed by atoms with E-state index in [0.29, 0.717) is 12.8 Å². The zero-order valence-corrected chi connectivity index (χ0v) is 34.1. The van der Waals surface area contributed by atoms with Crippen molar-refractivity contribution in [2.24, 2.45) is 22.7 Å². The molecule has 60 heavy (non-hydrogen) atoms. The summed E-state index contributed by atoms with van der Waals surface area (Å²) >= 11 is 0. The molecule has 3 saturated heterocycles. The summed E-state index contributed by atoms with van der Waals surface area (Å²) in [5.41, 5.74) is 0.340. The van der Waals surface area contributed by atoms with Crippen LogP contribution in [0, 0.1) is 22.7 Å². The Labute approximate surface area is 347 Å². The quantitative estimate of drug-likeness (QED) is 0.129. The molecule has 1 aromatic rings. The molecule has 4 heterocycles. The molecule has 1 aromatic heterocycles. The number of allylic oxidation sites excluding steroid dienone is 1.